The minimum Gasteiger partial charge on any atom is -0.497 e. The Hall–Kier alpha value is -3.82. The monoisotopic (exact) mass is 521 g/mol. The average molecular weight is 522 g/mol. The Kier molecular flexibility index (Phi) is 8.24. The van der Waals surface area contributed by atoms with E-state index >= 15 is 0 Å². The number of benzene rings is 3. The Labute approximate surface area is 218 Å². The first-order chi connectivity index (χ1) is 17.4. The molecule has 0 bridgehead atoms. The van der Waals surface area contributed by atoms with E-state index in [9.17, 15) is 9.59 Å². The Morgan fingerprint density at radius 3 is 2.39 bits per heavy atom. The number of hydrogen-bond donors (Lipinski definition) is 2. The van der Waals surface area contributed by atoms with Crippen molar-refractivity contribution in [3.05, 3.63) is 89.2 Å². The molecular formula is C26H24ClN5O3S. The van der Waals surface area contributed by atoms with Crippen molar-refractivity contribution in [3.8, 4) is 11.4 Å². The number of Topliss-reactive ketones (excluding diaryl/α,β-unsaturated/α-hetero) is 1. The van der Waals surface area contributed by atoms with Gasteiger partial charge in [0.1, 0.15) is 5.75 Å². The lowest BCUT2D eigenvalue weighted by Gasteiger charge is -2.12. The first kappa shape index (κ1) is 25.3. The van der Waals surface area contributed by atoms with Crippen LogP contribution in [0.4, 0.5) is 11.4 Å². The minimum atomic E-state index is -0.200. The number of thioether (sulfide) groups is 1. The van der Waals surface area contributed by atoms with Gasteiger partial charge in [0.2, 0.25) is 5.91 Å². The lowest BCUT2D eigenvalue weighted by atomic mass is 10.1. The fourth-order valence-electron chi connectivity index (χ4n) is 3.39. The van der Waals surface area contributed by atoms with E-state index in [0.29, 0.717) is 33.8 Å². The summed E-state index contributed by atoms with van der Waals surface area (Å²) in [5.41, 5.74) is 2.90. The topological polar surface area (TPSA) is 98.1 Å². The summed E-state index contributed by atoms with van der Waals surface area (Å²) in [6.07, 6.45) is 0. The predicted molar refractivity (Wildman–Crippen MR) is 142 cm³/mol. The smallest absolute Gasteiger partial charge is 0.234 e. The van der Waals surface area contributed by atoms with Crippen molar-refractivity contribution < 1.29 is 14.3 Å². The van der Waals surface area contributed by atoms with Crippen LogP contribution in [0.2, 0.25) is 5.02 Å². The van der Waals surface area contributed by atoms with Crippen LogP contribution in [-0.4, -0.2) is 39.3 Å². The Balaban J connectivity index is 1.48. The molecule has 0 aliphatic rings. The normalized spacial score (nSPS) is 10.6. The van der Waals surface area contributed by atoms with E-state index in [0.717, 1.165) is 17.1 Å². The molecule has 1 heterocycles. The summed E-state index contributed by atoms with van der Waals surface area (Å²) in [5, 5.41) is 16.0. The van der Waals surface area contributed by atoms with Crippen LogP contribution in [0, 0.1) is 0 Å². The fraction of sp³-hybridized carbons (Fsp3) is 0.154. The van der Waals surface area contributed by atoms with Gasteiger partial charge in [-0.15, -0.1) is 10.2 Å². The molecule has 0 fully saturated rings. The van der Waals surface area contributed by atoms with E-state index in [1.54, 1.807) is 37.4 Å². The first-order valence-corrected chi connectivity index (χ1v) is 12.4. The molecule has 184 valence electrons. The fourth-order valence-corrected chi connectivity index (χ4v) is 4.34. The number of nitrogens with one attached hydrogen (secondary N) is 2. The summed E-state index contributed by atoms with van der Waals surface area (Å²) in [5.74, 6) is 1.33. The molecule has 0 aliphatic heterocycles. The number of methoxy groups -OCH3 is 1. The van der Waals surface area contributed by atoms with Gasteiger partial charge in [-0.2, -0.15) is 0 Å². The number of carbonyl (C=O) groups excluding carboxylic acids is 2. The third kappa shape index (κ3) is 6.44. The summed E-state index contributed by atoms with van der Waals surface area (Å²) in [7, 11) is 1.62. The van der Waals surface area contributed by atoms with Crippen LogP contribution in [0.3, 0.4) is 0 Å². The molecule has 10 heteroatoms. The highest BCUT2D eigenvalue weighted by Crippen LogP contribution is 2.25. The number of anilines is 2. The number of rotatable bonds is 10. The van der Waals surface area contributed by atoms with Crippen molar-refractivity contribution in [3.63, 3.8) is 0 Å². The standard InChI is InChI=1S/C26H24ClN5O3S/c1-17(33)18-6-8-21(9-7-18)29-25(34)16-36-26-31-30-24(32(26)22-5-3-4-19(27)14-22)15-28-20-10-12-23(35-2)13-11-20/h3-14,28H,15-16H2,1-2H3,(H,29,34). The van der Waals surface area contributed by atoms with Gasteiger partial charge in [-0.05, 0) is 73.7 Å². The average Bonchev–Trinajstić information content (AvgIpc) is 3.29. The lowest BCUT2D eigenvalue weighted by Crippen LogP contribution is -2.15. The zero-order valence-electron chi connectivity index (χ0n) is 19.7. The molecule has 0 saturated carbocycles. The van der Waals surface area contributed by atoms with Crippen LogP contribution in [0.1, 0.15) is 23.1 Å². The van der Waals surface area contributed by atoms with Gasteiger partial charge in [0.25, 0.3) is 0 Å². The minimum absolute atomic E-state index is 0.0268. The number of halogens is 1. The molecule has 4 rings (SSSR count). The van der Waals surface area contributed by atoms with Crippen molar-refractivity contribution in [1.29, 1.82) is 0 Å². The zero-order chi connectivity index (χ0) is 25.5. The van der Waals surface area contributed by atoms with Crippen LogP contribution < -0.4 is 15.4 Å². The van der Waals surface area contributed by atoms with E-state index < -0.39 is 0 Å². The molecule has 36 heavy (non-hydrogen) atoms. The molecule has 0 aliphatic carbocycles. The molecule has 0 radical (unpaired) electrons. The van der Waals surface area contributed by atoms with E-state index in [2.05, 4.69) is 20.8 Å². The maximum atomic E-state index is 12.6. The first-order valence-electron chi connectivity index (χ1n) is 11.0. The van der Waals surface area contributed by atoms with E-state index in [4.69, 9.17) is 16.3 Å². The number of hydrogen-bond acceptors (Lipinski definition) is 7. The third-order valence-corrected chi connectivity index (χ3v) is 6.38. The Morgan fingerprint density at radius 1 is 1.00 bits per heavy atom. The molecule has 3 aromatic carbocycles. The summed E-state index contributed by atoms with van der Waals surface area (Å²) in [6, 6.07) is 21.7. The van der Waals surface area contributed by atoms with Gasteiger partial charge in [-0.3, -0.25) is 14.2 Å². The van der Waals surface area contributed by atoms with Gasteiger partial charge >= 0.3 is 0 Å². The molecule has 1 aromatic heterocycles. The molecule has 0 unspecified atom stereocenters. The second-order valence-electron chi connectivity index (χ2n) is 7.77. The number of carbonyl (C=O) groups is 2. The van der Waals surface area contributed by atoms with Gasteiger partial charge in [-0.25, -0.2) is 0 Å². The molecule has 8 nitrogen and oxygen atoms in total. The Bertz CT molecular complexity index is 1360. The lowest BCUT2D eigenvalue weighted by molar-refractivity contribution is -0.113. The highest BCUT2D eigenvalue weighted by Gasteiger charge is 2.16. The van der Waals surface area contributed by atoms with Gasteiger partial charge in [0.05, 0.1) is 25.1 Å². The van der Waals surface area contributed by atoms with Gasteiger partial charge in [0, 0.05) is 22.0 Å². The van der Waals surface area contributed by atoms with Gasteiger partial charge < -0.3 is 15.4 Å². The van der Waals surface area contributed by atoms with E-state index in [-0.39, 0.29) is 17.4 Å². The van der Waals surface area contributed by atoms with Crippen LogP contribution in [0.25, 0.3) is 5.69 Å². The predicted octanol–water partition coefficient (Wildman–Crippen LogP) is 5.47. The van der Waals surface area contributed by atoms with Gasteiger partial charge in [0.15, 0.2) is 16.8 Å². The van der Waals surface area contributed by atoms with Crippen LogP contribution in [0.15, 0.2) is 78.0 Å². The largest absolute Gasteiger partial charge is 0.497 e. The number of nitrogens with zero attached hydrogens (tertiary/aromatic N) is 3. The highest BCUT2D eigenvalue weighted by atomic mass is 35.5. The van der Waals surface area contributed by atoms with Gasteiger partial charge in [-0.1, -0.05) is 29.4 Å². The summed E-state index contributed by atoms with van der Waals surface area (Å²) >= 11 is 7.51. The SMILES string of the molecule is COc1ccc(NCc2nnc(SCC(=O)Nc3ccc(C(C)=O)cc3)n2-c2cccc(Cl)c2)cc1. The Morgan fingerprint density at radius 2 is 1.72 bits per heavy atom. The van der Waals surface area contributed by atoms with Crippen LogP contribution in [-0.2, 0) is 11.3 Å². The third-order valence-electron chi connectivity index (χ3n) is 5.21. The van der Waals surface area contributed by atoms with Crippen molar-refractivity contribution >= 4 is 46.4 Å². The quantitative estimate of drug-likeness (QED) is 0.211. The second kappa shape index (κ2) is 11.7. The molecule has 0 saturated heterocycles. The molecule has 2 N–H and O–H groups in total. The molecule has 0 spiro atoms. The van der Waals surface area contributed by atoms with Crippen molar-refractivity contribution in [1.82, 2.24) is 14.8 Å². The molecule has 4 aromatic rings. The maximum Gasteiger partial charge on any atom is 0.234 e. The number of ether oxygens (including phenoxy) is 1. The van der Waals surface area contributed by atoms with E-state index in [1.807, 2.05) is 47.0 Å². The summed E-state index contributed by atoms with van der Waals surface area (Å²) in [6.45, 7) is 1.90. The summed E-state index contributed by atoms with van der Waals surface area (Å²) in [4.78, 5) is 24.0. The maximum absolute atomic E-state index is 12.6. The number of ketones is 1. The second-order valence-corrected chi connectivity index (χ2v) is 9.15. The highest BCUT2D eigenvalue weighted by molar-refractivity contribution is 7.99. The summed E-state index contributed by atoms with van der Waals surface area (Å²) < 4.78 is 7.08. The van der Waals surface area contributed by atoms with Crippen molar-refractivity contribution in [2.24, 2.45) is 0 Å². The molecule has 1 amide bonds. The van der Waals surface area contributed by atoms with Crippen LogP contribution in [0.5, 0.6) is 5.75 Å². The number of amides is 1. The van der Waals surface area contributed by atoms with Crippen LogP contribution >= 0.6 is 23.4 Å². The molecule has 0 atom stereocenters. The van der Waals surface area contributed by atoms with Crippen molar-refractivity contribution in [2.45, 2.75) is 18.6 Å². The van der Waals surface area contributed by atoms with E-state index in [1.165, 1.54) is 18.7 Å². The zero-order valence-corrected chi connectivity index (χ0v) is 21.3. The number of aromatic nitrogens is 3. The van der Waals surface area contributed by atoms with Crippen molar-refractivity contribution in [2.75, 3.05) is 23.5 Å². The molecular weight excluding hydrogens is 498 g/mol.